The van der Waals surface area contributed by atoms with Gasteiger partial charge in [0.25, 0.3) is 0 Å². The molecule has 30 heavy (non-hydrogen) atoms. The molecule has 1 aliphatic heterocycles. The van der Waals surface area contributed by atoms with E-state index in [9.17, 15) is 9.59 Å². The fourth-order valence-corrected chi connectivity index (χ4v) is 7.26. The Kier molecular flexibility index (Phi) is 5.73. The number of anilines is 1. The zero-order chi connectivity index (χ0) is 20.1. The summed E-state index contributed by atoms with van der Waals surface area (Å²) in [6, 6.07) is 6.01. The molecule has 2 amide bonds. The van der Waals surface area contributed by atoms with Crippen molar-refractivity contribution in [2.24, 2.45) is 17.3 Å². The molecule has 4 aliphatic carbocycles. The quantitative estimate of drug-likeness (QED) is 0.797. The normalized spacial score (nSPS) is 34.8. The Morgan fingerprint density at radius 3 is 2.50 bits per heavy atom. The molecule has 0 spiro atoms. The van der Waals surface area contributed by atoms with Crippen molar-refractivity contribution in [3.05, 3.63) is 24.4 Å². The summed E-state index contributed by atoms with van der Waals surface area (Å²) in [7, 11) is 0. The minimum atomic E-state index is -0.257. The standard InChI is InChI=1S/C23H32N4O2.ClH/c1-17(28)25-23-14-18-11-19(15-23)13-22(12-18,16-23)21(29)27-8-4-7-26(9-10-27)20-5-2-3-6-24-20;/h2-3,5-6,18-19H,4,7-16H2,1H3,(H,25,28);1H. The number of carbonyl (C=O) groups is 2. The first-order valence-electron chi connectivity index (χ1n) is 11.2. The summed E-state index contributed by atoms with van der Waals surface area (Å²) >= 11 is 0. The number of rotatable bonds is 3. The predicted octanol–water partition coefficient (Wildman–Crippen LogP) is 3.02. The summed E-state index contributed by atoms with van der Waals surface area (Å²) in [5.74, 6) is 2.58. The van der Waals surface area contributed by atoms with E-state index in [4.69, 9.17) is 0 Å². The van der Waals surface area contributed by atoms with Crippen LogP contribution < -0.4 is 10.2 Å². The van der Waals surface area contributed by atoms with Crippen LogP contribution in [0.15, 0.2) is 24.4 Å². The number of halogens is 1. The SMILES string of the molecule is CC(=O)NC12CC3CC(C1)CC(C(=O)N1CCCN(c4ccccn4)CC1)(C3)C2.Cl. The molecule has 4 saturated carbocycles. The molecule has 5 fully saturated rings. The number of aromatic nitrogens is 1. The Bertz CT molecular complexity index is 788. The van der Waals surface area contributed by atoms with Crippen molar-refractivity contribution in [2.75, 3.05) is 31.1 Å². The molecule has 2 unspecified atom stereocenters. The zero-order valence-electron chi connectivity index (χ0n) is 17.8. The molecule has 6 nitrogen and oxygen atoms in total. The van der Waals surface area contributed by atoms with Crippen LogP contribution >= 0.6 is 12.4 Å². The molecule has 0 aromatic carbocycles. The van der Waals surface area contributed by atoms with Gasteiger partial charge in [0.1, 0.15) is 5.82 Å². The minimum Gasteiger partial charge on any atom is -0.355 e. The minimum absolute atomic E-state index is 0. The lowest BCUT2D eigenvalue weighted by Gasteiger charge is -2.61. The van der Waals surface area contributed by atoms with E-state index in [1.54, 1.807) is 6.92 Å². The van der Waals surface area contributed by atoms with Gasteiger partial charge in [-0.25, -0.2) is 4.98 Å². The molecule has 1 N–H and O–H groups in total. The monoisotopic (exact) mass is 432 g/mol. The molecule has 4 bridgehead atoms. The average molecular weight is 433 g/mol. The maximum Gasteiger partial charge on any atom is 0.228 e. The lowest BCUT2D eigenvalue weighted by Crippen LogP contribution is -2.66. The van der Waals surface area contributed by atoms with Gasteiger partial charge in [0.15, 0.2) is 0 Å². The van der Waals surface area contributed by atoms with E-state index in [2.05, 4.69) is 20.1 Å². The summed E-state index contributed by atoms with van der Waals surface area (Å²) in [5, 5.41) is 3.28. The highest BCUT2D eigenvalue weighted by Gasteiger charge is 2.61. The van der Waals surface area contributed by atoms with Crippen molar-refractivity contribution in [3.63, 3.8) is 0 Å². The van der Waals surface area contributed by atoms with Crippen LogP contribution in [0.25, 0.3) is 0 Å². The molecule has 1 aromatic heterocycles. The van der Waals surface area contributed by atoms with Crippen LogP contribution in [0.1, 0.15) is 51.9 Å². The van der Waals surface area contributed by atoms with Crippen molar-refractivity contribution in [1.29, 1.82) is 0 Å². The van der Waals surface area contributed by atoms with Crippen LogP contribution in [0.4, 0.5) is 5.82 Å². The fraction of sp³-hybridized carbons (Fsp3) is 0.696. The van der Waals surface area contributed by atoms with E-state index in [0.717, 1.165) is 70.5 Å². The van der Waals surface area contributed by atoms with Gasteiger partial charge in [-0.15, -0.1) is 12.4 Å². The van der Waals surface area contributed by atoms with Gasteiger partial charge < -0.3 is 15.1 Å². The lowest BCUT2D eigenvalue weighted by molar-refractivity contribution is -0.163. The third-order valence-electron chi connectivity index (χ3n) is 7.71. The molecule has 5 aliphatic rings. The van der Waals surface area contributed by atoms with Gasteiger partial charge in [0.05, 0.1) is 5.41 Å². The van der Waals surface area contributed by atoms with Crippen molar-refractivity contribution >= 4 is 30.0 Å². The fourth-order valence-electron chi connectivity index (χ4n) is 7.26. The van der Waals surface area contributed by atoms with Gasteiger partial charge >= 0.3 is 0 Å². The maximum atomic E-state index is 13.9. The number of carbonyl (C=O) groups excluding carboxylic acids is 2. The smallest absolute Gasteiger partial charge is 0.228 e. The third kappa shape index (κ3) is 3.79. The van der Waals surface area contributed by atoms with Crippen molar-refractivity contribution < 1.29 is 9.59 Å². The molecule has 0 radical (unpaired) electrons. The Balaban J connectivity index is 0.00000218. The number of nitrogens with zero attached hydrogens (tertiary/aromatic N) is 3. The van der Waals surface area contributed by atoms with Gasteiger partial charge in [0, 0.05) is 44.8 Å². The molecule has 2 atom stereocenters. The van der Waals surface area contributed by atoms with E-state index in [-0.39, 0.29) is 29.3 Å². The second kappa shape index (κ2) is 8.03. The number of amides is 2. The van der Waals surface area contributed by atoms with Gasteiger partial charge in [-0.05, 0) is 68.9 Å². The predicted molar refractivity (Wildman–Crippen MR) is 119 cm³/mol. The Hall–Kier alpha value is -1.82. The van der Waals surface area contributed by atoms with Gasteiger partial charge in [-0.2, -0.15) is 0 Å². The summed E-state index contributed by atoms with van der Waals surface area (Å²) in [5.41, 5.74) is -0.399. The highest BCUT2D eigenvalue weighted by atomic mass is 35.5. The number of pyridine rings is 1. The van der Waals surface area contributed by atoms with Gasteiger partial charge in [0.2, 0.25) is 11.8 Å². The molecule has 1 aromatic rings. The van der Waals surface area contributed by atoms with E-state index in [1.165, 1.54) is 6.42 Å². The van der Waals surface area contributed by atoms with Gasteiger partial charge in [-0.3, -0.25) is 9.59 Å². The van der Waals surface area contributed by atoms with Crippen molar-refractivity contribution in [1.82, 2.24) is 15.2 Å². The van der Waals surface area contributed by atoms with Crippen LogP contribution in [-0.2, 0) is 9.59 Å². The first-order chi connectivity index (χ1) is 14.0. The highest BCUT2D eigenvalue weighted by Crippen LogP contribution is 2.62. The Labute approximate surface area is 185 Å². The largest absolute Gasteiger partial charge is 0.355 e. The summed E-state index contributed by atoms with van der Waals surface area (Å²) in [6.07, 6.45) is 9.04. The van der Waals surface area contributed by atoms with Crippen LogP contribution in [-0.4, -0.2) is 53.4 Å². The first kappa shape index (κ1) is 21.4. The van der Waals surface area contributed by atoms with Crippen molar-refractivity contribution in [3.8, 4) is 0 Å². The molecule has 164 valence electrons. The molecule has 2 heterocycles. The molecule has 7 heteroatoms. The van der Waals surface area contributed by atoms with Crippen molar-refractivity contribution in [2.45, 2.75) is 57.4 Å². The summed E-state index contributed by atoms with van der Waals surface area (Å²) < 4.78 is 0. The van der Waals surface area contributed by atoms with E-state index >= 15 is 0 Å². The van der Waals surface area contributed by atoms with E-state index in [1.807, 2.05) is 24.4 Å². The summed E-state index contributed by atoms with van der Waals surface area (Å²) in [4.78, 5) is 34.7. The van der Waals surface area contributed by atoms with E-state index in [0.29, 0.717) is 17.7 Å². The Morgan fingerprint density at radius 2 is 1.83 bits per heavy atom. The number of nitrogens with one attached hydrogen (secondary N) is 1. The van der Waals surface area contributed by atoms with Gasteiger partial charge in [-0.1, -0.05) is 6.07 Å². The molecular formula is C23H33ClN4O2. The topological polar surface area (TPSA) is 65.5 Å². The van der Waals surface area contributed by atoms with Crippen LogP contribution in [0, 0.1) is 17.3 Å². The summed E-state index contributed by atoms with van der Waals surface area (Å²) in [6.45, 7) is 4.98. The number of hydrogen-bond acceptors (Lipinski definition) is 4. The molecule has 6 rings (SSSR count). The first-order valence-corrected chi connectivity index (χ1v) is 11.2. The second-order valence-corrected chi connectivity index (χ2v) is 10.0. The van der Waals surface area contributed by atoms with Crippen LogP contribution in [0.5, 0.6) is 0 Å². The molecule has 1 saturated heterocycles. The number of hydrogen-bond donors (Lipinski definition) is 1. The maximum absolute atomic E-state index is 13.9. The Morgan fingerprint density at radius 1 is 1.07 bits per heavy atom. The van der Waals surface area contributed by atoms with Crippen LogP contribution in [0.3, 0.4) is 0 Å². The lowest BCUT2D eigenvalue weighted by atomic mass is 9.46. The van der Waals surface area contributed by atoms with E-state index < -0.39 is 0 Å². The third-order valence-corrected chi connectivity index (χ3v) is 7.71. The average Bonchev–Trinajstić information content (AvgIpc) is 2.92. The molecular weight excluding hydrogens is 400 g/mol. The highest BCUT2D eigenvalue weighted by molar-refractivity contribution is 5.85. The van der Waals surface area contributed by atoms with Crippen LogP contribution in [0.2, 0.25) is 0 Å². The zero-order valence-corrected chi connectivity index (χ0v) is 18.6. The second-order valence-electron chi connectivity index (χ2n) is 10.0.